The van der Waals surface area contributed by atoms with Crippen LogP contribution in [0.3, 0.4) is 0 Å². The van der Waals surface area contributed by atoms with Crippen LogP contribution in [-0.2, 0) is 6.42 Å². The van der Waals surface area contributed by atoms with Crippen LogP contribution in [0.4, 0.5) is 0 Å². The molecule has 0 bridgehead atoms. The maximum atomic E-state index is 9.79. The summed E-state index contributed by atoms with van der Waals surface area (Å²) in [7, 11) is -0.786. The average molecular weight is 260 g/mol. The van der Waals surface area contributed by atoms with Gasteiger partial charge in [-0.25, -0.2) is 10.0 Å². The Kier molecular flexibility index (Phi) is 3.97. The van der Waals surface area contributed by atoms with Crippen molar-refractivity contribution in [2.24, 2.45) is 0 Å². The summed E-state index contributed by atoms with van der Waals surface area (Å²) in [5.41, 5.74) is 1.05. The van der Waals surface area contributed by atoms with Gasteiger partial charge < -0.3 is 5.11 Å². The number of phenolic OH excluding ortho intramolecular Hbond substituents is 1. The number of hydrogen-bond acceptors (Lipinski definition) is 1. The number of phenols is 1. The maximum Gasteiger partial charge on any atom is 0.118 e. The summed E-state index contributed by atoms with van der Waals surface area (Å²) >= 11 is 0. The molecule has 2 rings (SSSR count). The minimum atomic E-state index is -0.786. The van der Waals surface area contributed by atoms with E-state index in [1.807, 2.05) is 18.2 Å². The molecule has 0 spiro atoms. The van der Waals surface area contributed by atoms with Crippen LogP contribution in [0.1, 0.15) is 5.56 Å². The van der Waals surface area contributed by atoms with E-state index in [0.717, 1.165) is 17.7 Å². The SMILES string of the molecule is CS(C)(CCc1ccccc1O)c1ccccc1. The fourth-order valence-electron chi connectivity index (χ4n) is 1.99. The molecule has 0 atom stereocenters. The van der Waals surface area contributed by atoms with E-state index in [-0.39, 0.29) is 0 Å². The predicted octanol–water partition coefficient (Wildman–Crippen LogP) is 4.06. The fourth-order valence-corrected chi connectivity index (χ4v) is 3.85. The van der Waals surface area contributed by atoms with Gasteiger partial charge in [0.15, 0.2) is 0 Å². The van der Waals surface area contributed by atoms with Crippen LogP contribution in [0.5, 0.6) is 5.75 Å². The Morgan fingerprint density at radius 3 is 2.17 bits per heavy atom. The molecule has 2 heteroatoms. The molecule has 0 saturated carbocycles. The first-order chi connectivity index (χ1) is 8.59. The molecule has 0 aromatic heterocycles. The minimum Gasteiger partial charge on any atom is -0.508 e. The van der Waals surface area contributed by atoms with Crippen LogP contribution < -0.4 is 0 Å². The zero-order valence-corrected chi connectivity index (χ0v) is 11.8. The van der Waals surface area contributed by atoms with Gasteiger partial charge >= 0.3 is 0 Å². The summed E-state index contributed by atoms with van der Waals surface area (Å²) in [6.45, 7) is 0. The Hall–Kier alpha value is -1.41. The van der Waals surface area contributed by atoms with Crippen LogP contribution >= 0.6 is 10.0 Å². The molecular formula is C16H20OS. The van der Waals surface area contributed by atoms with E-state index in [1.165, 1.54) is 4.90 Å². The largest absolute Gasteiger partial charge is 0.508 e. The third kappa shape index (κ3) is 3.08. The smallest absolute Gasteiger partial charge is 0.118 e. The Labute approximate surface area is 111 Å². The van der Waals surface area contributed by atoms with Crippen LogP contribution in [-0.4, -0.2) is 23.4 Å². The van der Waals surface area contributed by atoms with E-state index >= 15 is 0 Å². The van der Waals surface area contributed by atoms with Crippen LogP contribution in [0.25, 0.3) is 0 Å². The normalized spacial score (nSPS) is 12.3. The van der Waals surface area contributed by atoms with Gasteiger partial charge in [-0.1, -0.05) is 48.5 Å². The third-order valence-corrected chi connectivity index (χ3v) is 6.03. The Bertz CT molecular complexity index is 506. The minimum absolute atomic E-state index is 0.417. The van der Waals surface area contributed by atoms with Gasteiger partial charge in [0.2, 0.25) is 0 Å². The van der Waals surface area contributed by atoms with Gasteiger partial charge in [-0.05, 0) is 41.2 Å². The molecule has 1 N–H and O–H groups in total. The van der Waals surface area contributed by atoms with Crippen molar-refractivity contribution in [3.8, 4) is 5.75 Å². The molecule has 0 aliphatic heterocycles. The van der Waals surface area contributed by atoms with Crippen molar-refractivity contribution >= 4 is 10.0 Å². The molecule has 0 radical (unpaired) electrons. The first-order valence-electron chi connectivity index (χ1n) is 6.12. The van der Waals surface area contributed by atoms with Crippen molar-refractivity contribution in [2.45, 2.75) is 11.3 Å². The molecular weight excluding hydrogens is 240 g/mol. The lowest BCUT2D eigenvalue weighted by molar-refractivity contribution is 0.469. The summed E-state index contributed by atoms with van der Waals surface area (Å²) in [5, 5.41) is 9.79. The molecule has 18 heavy (non-hydrogen) atoms. The number of para-hydroxylation sites is 1. The number of aryl methyl sites for hydroxylation is 1. The van der Waals surface area contributed by atoms with Crippen LogP contribution in [0, 0.1) is 0 Å². The van der Waals surface area contributed by atoms with Crippen molar-refractivity contribution < 1.29 is 5.11 Å². The first kappa shape index (κ1) is 13.0. The molecule has 96 valence electrons. The number of aromatic hydroxyl groups is 1. The molecule has 0 heterocycles. The second-order valence-electron chi connectivity index (χ2n) is 4.93. The van der Waals surface area contributed by atoms with E-state index in [0.29, 0.717) is 5.75 Å². The van der Waals surface area contributed by atoms with Crippen molar-refractivity contribution in [2.75, 3.05) is 18.3 Å². The van der Waals surface area contributed by atoms with Crippen molar-refractivity contribution in [3.63, 3.8) is 0 Å². The summed E-state index contributed by atoms with van der Waals surface area (Å²) < 4.78 is 0. The standard InChI is InChI=1S/C16H20OS/c1-18(2,15-9-4-3-5-10-15)13-12-14-8-6-7-11-16(14)17/h3-11,17H,12-13H2,1-2H3. The van der Waals surface area contributed by atoms with Crippen LogP contribution in [0.2, 0.25) is 0 Å². The molecule has 0 amide bonds. The molecule has 0 saturated heterocycles. The van der Waals surface area contributed by atoms with Gasteiger partial charge in [-0.2, -0.15) is 0 Å². The monoisotopic (exact) mass is 260 g/mol. The van der Waals surface area contributed by atoms with Gasteiger partial charge in [-0.3, -0.25) is 0 Å². The predicted molar refractivity (Wildman–Crippen MR) is 80.8 cm³/mol. The number of rotatable bonds is 4. The number of benzene rings is 2. The fraction of sp³-hybridized carbons (Fsp3) is 0.250. The highest BCUT2D eigenvalue weighted by atomic mass is 32.3. The Morgan fingerprint density at radius 2 is 1.50 bits per heavy atom. The molecule has 2 aromatic rings. The average Bonchev–Trinajstić information content (AvgIpc) is 2.39. The zero-order valence-electron chi connectivity index (χ0n) is 11.0. The van der Waals surface area contributed by atoms with Gasteiger partial charge in [-0.15, -0.1) is 0 Å². The first-order valence-corrected chi connectivity index (χ1v) is 8.74. The molecule has 1 nitrogen and oxygen atoms in total. The van der Waals surface area contributed by atoms with Gasteiger partial charge in [0, 0.05) is 0 Å². The molecule has 2 aromatic carbocycles. The number of hydrogen-bond donors (Lipinski definition) is 1. The summed E-state index contributed by atoms with van der Waals surface area (Å²) in [6.07, 6.45) is 5.61. The third-order valence-electron chi connectivity index (χ3n) is 3.25. The highest BCUT2D eigenvalue weighted by molar-refractivity contribution is 8.32. The zero-order chi connectivity index (χ0) is 13.0. The van der Waals surface area contributed by atoms with E-state index in [2.05, 4.69) is 42.8 Å². The quantitative estimate of drug-likeness (QED) is 0.879. The molecule has 0 aliphatic carbocycles. The van der Waals surface area contributed by atoms with Gasteiger partial charge in [0.05, 0.1) is 0 Å². The maximum absolute atomic E-state index is 9.79. The summed E-state index contributed by atoms with van der Waals surface area (Å²) in [5.74, 6) is 1.52. The molecule has 0 unspecified atom stereocenters. The topological polar surface area (TPSA) is 20.2 Å². The molecule has 0 aliphatic rings. The van der Waals surface area contributed by atoms with Crippen molar-refractivity contribution in [1.29, 1.82) is 0 Å². The lowest BCUT2D eigenvalue weighted by Gasteiger charge is -2.31. The summed E-state index contributed by atoms with van der Waals surface area (Å²) in [6, 6.07) is 18.3. The van der Waals surface area contributed by atoms with Crippen molar-refractivity contribution in [1.82, 2.24) is 0 Å². The van der Waals surface area contributed by atoms with Crippen molar-refractivity contribution in [3.05, 3.63) is 60.2 Å². The van der Waals surface area contributed by atoms with E-state index in [1.54, 1.807) is 6.07 Å². The molecule has 0 fully saturated rings. The Balaban J connectivity index is 2.08. The van der Waals surface area contributed by atoms with E-state index in [9.17, 15) is 5.11 Å². The highest BCUT2D eigenvalue weighted by Crippen LogP contribution is 2.49. The lowest BCUT2D eigenvalue weighted by atomic mass is 10.1. The second-order valence-corrected chi connectivity index (χ2v) is 8.89. The van der Waals surface area contributed by atoms with Gasteiger partial charge in [0.25, 0.3) is 0 Å². The lowest BCUT2D eigenvalue weighted by Crippen LogP contribution is -2.05. The van der Waals surface area contributed by atoms with Crippen LogP contribution in [0.15, 0.2) is 59.5 Å². The Morgan fingerprint density at radius 1 is 0.889 bits per heavy atom. The summed E-state index contributed by atoms with van der Waals surface area (Å²) in [4.78, 5) is 1.43. The van der Waals surface area contributed by atoms with E-state index in [4.69, 9.17) is 0 Å². The highest BCUT2D eigenvalue weighted by Gasteiger charge is 2.14. The second kappa shape index (κ2) is 5.49. The van der Waals surface area contributed by atoms with Gasteiger partial charge in [0.1, 0.15) is 5.75 Å². The van der Waals surface area contributed by atoms with E-state index < -0.39 is 10.0 Å².